The van der Waals surface area contributed by atoms with E-state index in [0.717, 1.165) is 0 Å². The molecule has 0 bridgehead atoms. The molecule has 9 heteroatoms. The smallest absolute Gasteiger partial charge is 0.224 e. The number of nitrogens with one attached hydrogen (secondary N) is 1. The van der Waals surface area contributed by atoms with Gasteiger partial charge in [0.2, 0.25) is 5.91 Å². The van der Waals surface area contributed by atoms with Crippen LogP contribution in [0.25, 0.3) is 5.69 Å². The lowest BCUT2D eigenvalue weighted by molar-refractivity contribution is -0.116. The average molecular weight is 341 g/mol. The van der Waals surface area contributed by atoms with Gasteiger partial charge in [0.1, 0.15) is 11.5 Å². The van der Waals surface area contributed by atoms with Crippen LogP contribution >= 0.6 is 0 Å². The minimum absolute atomic E-state index is 0.165. The van der Waals surface area contributed by atoms with Gasteiger partial charge in [-0.2, -0.15) is 14.9 Å². The molecule has 0 atom stereocenters. The summed E-state index contributed by atoms with van der Waals surface area (Å²) in [6.07, 6.45) is 7.20. The Morgan fingerprint density at radius 3 is 2.84 bits per heavy atom. The molecule has 0 spiro atoms. The summed E-state index contributed by atoms with van der Waals surface area (Å²) in [4.78, 5) is 12.1. The van der Waals surface area contributed by atoms with Crippen molar-refractivity contribution < 1.29 is 9.18 Å². The van der Waals surface area contributed by atoms with Gasteiger partial charge in [-0.3, -0.25) is 4.79 Å². The number of benzene rings is 1. The van der Waals surface area contributed by atoms with Crippen molar-refractivity contribution in [3.63, 3.8) is 0 Å². The van der Waals surface area contributed by atoms with Gasteiger partial charge in [-0.15, -0.1) is 17.4 Å². The number of terminal acetylenes is 1. The minimum atomic E-state index is -0.499. The lowest BCUT2D eigenvalue weighted by Gasteiger charge is -2.10. The van der Waals surface area contributed by atoms with Gasteiger partial charge in [-0.05, 0) is 35.5 Å². The van der Waals surface area contributed by atoms with E-state index in [1.807, 2.05) is 0 Å². The zero-order valence-corrected chi connectivity index (χ0v) is 13.6. The minimum Gasteiger partial charge on any atom is -0.326 e. The number of hydrogen-bond acceptors (Lipinski definition) is 6. The molecule has 1 aliphatic heterocycles. The molecule has 0 radical (unpaired) electrons. The third-order valence-electron chi connectivity index (χ3n) is 3.89. The standard InChI is InChI=1S/C16H16FN7O/c1-3-4-8-16(20-21-16)9-7-15(25)18-12-5-6-13(17)14(10-12)24-11(2)19-22-23-24/h1,5-6,10H,4,7-9H2,2H3,(H,18,25). The summed E-state index contributed by atoms with van der Waals surface area (Å²) in [6.45, 7) is 1.66. The molecule has 2 heterocycles. The number of aryl methyl sites for hydroxylation is 1. The van der Waals surface area contributed by atoms with Gasteiger partial charge in [0.15, 0.2) is 11.5 Å². The van der Waals surface area contributed by atoms with E-state index in [1.165, 1.54) is 22.9 Å². The summed E-state index contributed by atoms with van der Waals surface area (Å²) in [5.41, 5.74) is 0.123. The van der Waals surface area contributed by atoms with E-state index in [1.54, 1.807) is 6.92 Å². The van der Waals surface area contributed by atoms with E-state index in [4.69, 9.17) is 6.42 Å². The van der Waals surface area contributed by atoms with Crippen molar-refractivity contribution in [3.05, 3.63) is 29.8 Å². The first-order valence-corrected chi connectivity index (χ1v) is 7.75. The zero-order valence-electron chi connectivity index (χ0n) is 13.6. The van der Waals surface area contributed by atoms with Crippen molar-refractivity contribution >= 4 is 11.6 Å². The van der Waals surface area contributed by atoms with Crippen molar-refractivity contribution in [3.8, 4) is 18.0 Å². The monoisotopic (exact) mass is 341 g/mol. The van der Waals surface area contributed by atoms with Crippen molar-refractivity contribution in [1.82, 2.24) is 20.2 Å². The SMILES string of the molecule is C#CCCC1(CCC(=O)Nc2ccc(F)c(-n3nnnc3C)c2)N=N1. The normalized spacial score (nSPS) is 14.1. The molecule has 1 aromatic carbocycles. The third-order valence-corrected chi connectivity index (χ3v) is 3.89. The number of carbonyl (C=O) groups is 1. The van der Waals surface area contributed by atoms with Crippen LogP contribution in [-0.2, 0) is 4.79 Å². The molecule has 128 valence electrons. The predicted molar refractivity (Wildman–Crippen MR) is 87.4 cm³/mol. The van der Waals surface area contributed by atoms with E-state index in [-0.39, 0.29) is 18.0 Å². The quantitative estimate of drug-likeness (QED) is 0.782. The maximum Gasteiger partial charge on any atom is 0.224 e. The highest BCUT2D eigenvalue weighted by Gasteiger charge is 2.39. The molecule has 3 rings (SSSR count). The number of hydrogen-bond donors (Lipinski definition) is 1. The Bertz CT molecular complexity index is 862. The molecule has 8 nitrogen and oxygen atoms in total. The largest absolute Gasteiger partial charge is 0.326 e. The lowest BCUT2D eigenvalue weighted by Crippen LogP contribution is -2.18. The van der Waals surface area contributed by atoms with Gasteiger partial charge in [0.25, 0.3) is 0 Å². The summed E-state index contributed by atoms with van der Waals surface area (Å²) in [7, 11) is 0. The number of rotatable bonds is 7. The molecule has 1 aliphatic rings. The Morgan fingerprint density at radius 1 is 1.40 bits per heavy atom. The zero-order chi connectivity index (χ0) is 17.9. The Balaban J connectivity index is 1.62. The van der Waals surface area contributed by atoms with E-state index >= 15 is 0 Å². The van der Waals surface area contributed by atoms with Crippen molar-refractivity contribution in [2.24, 2.45) is 10.2 Å². The fraction of sp³-hybridized carbons (Fsp3) is 0.375. The molecular formula is C16H16FN7O. The van der Waals surface area contributed by atoms with Gasteiger partial charge in [-0.1, -0.05) is 0 Å². The number of anilines is 1. The highest BCUT2D eigenvalue weighted by atomic mass is 19.1. The van der Waals surface area contributed by atoms with Crippen molar-refractivity contribution in [2.75, 3.05) is 5.32 Å². The Hall–Kier alpha value is -3.15. The second-order valence-electron chi connectivity index (χ2n) is 5.74. The van der Waals surface area contributed by atoms with E-state index < -0.39 is 11.5 Å². The molecule has 0 saturated heterocycles. The summed E-state index contributed by atoms with van der Waals surface area (Å²) in [5, 5.41) is 21.7. The number of aromatic nitrogens is 4. The number of nitrogens with zero attached hydrogens (tertiary/aromatic N) is 6. The Morgan fingerprint density at radius 2 is 2.20 bits per heavy atom. The first kappa shape index (κ1) is 16.7. The van der Waals surface area contributed by atoms with E-state index in [0.29, 0.717) is 30.8 Å². The fourth-order valence-corrected chi connectivity index (χ4v) is 2.41. The second-order valence-corrected chi connectivity index (χ2v) is 5.74. The third kappa shape index (κ3) is 3.85. The van der Waals surface area contributed by atoms with Crippen molar-refractivity contribution in [1.29, 1.82) is 0 Å². The highest BCUT2D eigenvalue weighted by molar-refractivity contribution is 5.91. The Labute approximate surface area is 143 Å². The first-order valence-electron chi connectivity index (χ1n) is 7.75. The molecule has 0 unspecified atom stereocenters. The second kappa shape index (κ2) is 6.76. The number of halogens is 1. The maximum absolute atomic E-state index is 14.0. The average Bonchev–Trinajstić information content (AvgIpc) is 3.25. The molecular weight excluding hydrogens is 325 g/mol. The lowest BCUT2D eigenvalue weighted by atomic mass is 10.0. The van der Waals surface area contributed by atoms with E-state index in [2.05, 4.69) is 37.0 Å². The van der Waals surface area contributed by atoms with Crippen LogP contribution in [0.1, 0.15) is 31.5 Å². The fourth-order valence-electron chi connectivity index (χ4n) is 2.41. The number of carbonyl (C=O) groups excluding carboxylic acids is 1. The van der Waals surface area contributed by atoms with Gasteiger partial charge < -0.3 is 5.32 Å². The summed E-state index contributed by atoms with van der Waals surface area (Å²) in [6, 6.07) is 4.22. The molecule has 2 aromatic rings. The summed E-state index contributed by atoms with van der Waals surface area (Å²) in [5.74, 6) is 2.29. The van der Waals surface area contributed by atoms with Crippen LogP contribution < -0.4 is 5.32 Å². The molecule has 0 aliphatic carbocycles. The summed E-state index contributed by atoms with van der Waals surface area (Å²) >= 11 is 0. The van der Waals surface area contributed by atoms with Gasteiger partial charge in [-0.25, -0.2) is 4.39 Å². The van der Waals surface area contributed by atoms with E-state index in [9.17, 15) is 9.18 Å². The van der Waals surface area contributed by atoms with Crippen LogP contribution in [0.2, 0.25) is 0 Å². The Kier molecular flexibility index (Phi) is 4.52. The molecule has 1 N–H and O–H groups in total. The molecule has 1 aromatic heterocycles. The van der Waals surface area contributed by atoms with Gasteiger partial charge in [0, 0.05) is 31.4 Å². The maximum atomic E-state index is 14.0. The van der Waals surface area contributed by atoms with Crippen LogP contribution in [0.5, 0.6) is 0 Å². The topological polar surface area (TPSA) is 97.4 Å². The van der Waals surface area contributed by atoms with Crippen molar-refractivity contribution in [2.45, 2.75) is 38.3 Å². The first-order chi connectivity index (χ1) is 12.0. The van der Waals surface area contributed by atoms with Gasteiger partial charge >= 0.3 is 0 Å². The highest BCUT2D eigenvalue weighted by Crippen LogP contribution is 2.37. The number of tetrazole rings is 1. The summed E-state index contributed by atoms with van der Waals surface area (Å²) < 4.78 is 15.3. The van der Waals surface area contributed by atoms with Crippen LogP contribution in [0.15, 0.2) is 28.4 Å². The van der Waals surface area contributed by atoms with Crippen LogP contribution in [0, 0.1) is 25.1 Å². The predicted octanol–water partition coefficient (Wildman–Crippen LogP) is 2.40. The molecule has 0 saturated carbocycles. The molecule has 0 fully saturated rings. The number of amides is 1. The van der Waals surface area contributed by atoms with Crippen LogP contribution in [-0.4, -0.2) is 31.8 Å². The van der Waals surface area contributed by atoms with Crippen LogP contribution in [0.3, 0.4) is 0 Å². The van der Waals surface area contributed by atoms with Crippen LogP contribution in [0.4, 0.5) is 10.1 Å². The van der Waals surface area contributed by atoms with Gasteiger partial charge in [0.05, 0.1) is 0 Å². The molecule has 25 heavy (non-hydrogen) atoms. The molecule has 1 amide bonds.